The number of hydrogen-bond donors (Lipinski definition) is 1. The van der Waals surface area contributed by atoms with Gasteiger partial charge in [0.05, 0.1) is 12.4 Å². The molecule has 13 heavy (non-hydrogen) atoms. The maximum atomic E-state index is 11.0. The second-order valence-electron chi connectivity index (χ2n) is 3.46. The molecule has 0 aliphatic carbocycles. The largest absolute Gasteiger partial charge is 0.513 e. The number of rotatable bonds is 5. The molecule has 76 valence electrons. The Labute approximate surface area is 79.4 Å². The van der Waals surface area contributed by atoms with Crippen LogP contribution in [0.25, 0.3) is 0 Å². The highest BCUT2D eigenvalue weighted by Gasteiger charge is 2.02. The van der Waals surface area contributed by atoms with Crippen LogP contribution in [-0.2, 0) is 9.53 Å². The summed E-state index contributed by atoms with van der Waals surface area (Å²) in [6, 6.07) is 0. The fourth-order valence-electron chi connectivity index (χ4n) is 0.731. The smallest absolute Gasteiger partial charge is 0.306 e. The highest BCUT2D eigenvalue weighted by atomic mass is 16.5. The van der Waals surface area contributed by atoms with Crippen LogP contribution in [0.3, 0.4) is 0 Å². The minimum Gasteiger partial charge on any atom is -0.513 e. The predicted octanol–water partition coefficient (Wildman–Crippen LogP) is 2.43. The SMILES string of the molecule is CC(O)=CCCC(=O)OCC(C)C. The molecule has 0 rings (SSSR count). The van der Waals surface area contributed by atoms with Gasteiger partial charge >= 0.3 is 5.97 Å². The molecular formula is C10H18O3. The first kappa shape index (κ1) is 12.0. The number of carbonyl (C=O) groups is 1. The second kappa shape index (κ2) is 6.52. The first-order chi connectivity index (χ1) is 6.02. The lowest BCUT2D eigenvalue weighted by Crippen LogP contribution is -2.09. The molecule has 0 aromatic rings. The number of aliphatic hydroxyl groups is 1. The van der Waals surface area contributed by atoms with Crippen molar-refractivity contribution in [2.45, 2.75) is 33.6 Å². The highest BCUT2D eigenvalue weighted by Crippen LogP contribution is 1.99. The third-order valence-corrected chi connectivity index (χ3v) is 1.37. The fraction of sp³-hybridized carbons (Fsp3) is 0.700. The fourth-order valence-corrected chi connectivity index (χ4v) is 0.731. The second-order valence-corrected chi connectivity index (χ2v) is 3.46. The van der Waals surface area contributed by atoms with E-state index < -0.39 is 0 Å². The molecule has 3 heteroatoms. The van der Waals surface area contributed by atoms with Gasteiger partial charge in [0.2, 0.25) is 0 Å². The molecule has 0 radical (unpaired) electrons. The molecule has 0 aromatic heterocycles. The molecule has 0 atom stereocenters. The zero-order chi connectivity index (χ0) is 10.3. The standard InChI is InChI=1S/C10H18O3/c1-8(2)7-13-10(12)6-4-5-9(3)11/h5,8,11H,4,6-7H2,1-3H3. The van der Waals surface area contributed by atoms with Gasteiger partial charge in [-0.3, -0.25) is 4.79 Å². The molecule has 0 fully saturated rings. The lowest BCUT2D eigenvalue weighted by Gasteiger charge is -2.05. The van der Waals surface area contributed by atoms with E-state index in [-0.39, 0.29) is 11.7 Å². The van der Waals surface area contributed by atoms with Crippen LogP contribution in [0.5, 0.6) is 0 Å². The monoisotopic (exact) mass is 186 g/mol. The van der Waals surface area contributed by atoms with Gasteiger partial charge in [-0.05, 0) is 25.3 Å². The summed E-state index contributed by atoms with van der Waals surface area (Å²) >= 11 is 0. The Morgan fingerprint density at radius 3 is 2.62 bits per heavy atom. The van der Waals surface area contributed by atoms with Crippen LogP contribution in [0, 0.1) is 5.92 Å². The summed E-state index contributed by atoms with van der Waals surface area (Å²) in [4.78, 5) is 11.0. The quantitative estimate of drug-likeness (QED) is 0.530. The lowest BCUT2D eigenvalue weighted by molar-refractivity contribution is -0.144. The summed E-state index contributed by atoms with van der Waals surface area (Å²) in [7, 11) is 0. The van der Waals surface area contributed by atoms with Crippen molar-refractivity contribution in [3.8, 4) is 0 Å². The van der Waals surface area contributed by atoms with E-state index in [1.165, 1.54) is 0 Å². The Morgan fingerprint density at radius 2 is 2.15 bits per heavy atom. The van der Waals surface area contributed by atoms with Gasteiger partial charge in [-0.15, -0.1) is 0 Å². The maximum absolute atomic E-state index is 11.0. The van der Waals surface area contributed by atoms with E-state index in [1.54, 1.807) is 13.0 Å². The third-order valence-electron chi connectivity index (χ3n) is 1.37. The summed E-state index contributed by atoms with van der Waals surface area (Å²) in [6.45, 7) is 6.04. The highest BCUT2D eigenvalue weighted by molar-refractivity contribution is 5.69. The average molecular weight is 186 g/mol. The number of ether oxygens (including phenoxy) is 1. The van der Waals surface area contributed by atoms with Gasteiger partial charge in [-0.2, -0.15) is 0 Å². The topological polar surface area (TPSA) is 46.5 Å². The van der Waals surface area contributed by atoms with E-state index in [2.05, 4.69) is 0 Å². The van der Waals surface area contributed by atoms with E-state index in [4.69, 9.17) is 9.84 Å². The predicted molar refractivity (Wildman–Crippen MR) is 51.4 cm³/mol. The van der Waals surface area contributed by atoms with Gasteiger partial charge in [0.25, 0.3) is 0 Å². The molecule has 0 aromatic carbocycles. The summed E-state index contributed by atoms with van der Waals surface area (Å²) in [5.74, 6) is 0.418. The van der Waals surface area contributed by atoms with Crippen molar-refractivity contribution in [1.29, 1.82) is 0 Å². The molecule has 0 aliphatic rings. The third kappa shape index (κ3) is 8.92. The van der Waals surface area contributed by atoms with Crippen LogP contribution in [0.4, 0.5) is 0 Å². The van der Waals surface area contributed by atoms with Gasteiger partial charge < -0.3 is 9.84 Å². The van der Waals surface area contributed by atoms with Crippen molar-refractivity contribution in [3.63, 3.8) is 0 Å². The molecule has 0 saturated heterocycles. The van der Waals surface area contributed by atoms with E-state index in [1.807, 2.05) is 13.8 Å². The summed E-state index contributed by atoms with van der Waals surface area (Å²) < 4.78 is 4.94. The minimum atomic E-state index is -0.203. The van der Waals surface area contributed by atoms with Crippen LogP contribution in [0.15, 0.2) is 11.8 Å². The molecular weight excluding hydrogens is 168 g/mol. The molecule has 0 amide bonds. The number of aliphatic hydroxyl groups excluding tert-OH is 1. The summed E-state index contributed by atoms with van der Waals surface area (Å²) in [5.41, 5.74) is 0. The van der Waals surface area contributed by atoms with Crippen molar-refractivity contribution in [2.24, 2.45) is 5.92 Å². The first-order valence-electron chi connectivity index (χ1n) is 4.53. The minimum absolute atomic E-state index is 0.203. The van der Waals surface area contributed by atoms with Gasteiger partial charge in [0, 0.05) is 6.42 Å². The molecule has 3 nitrogen and oxygen atoms in total. The number of esters is 1. The van der Waals surface area contributed by atoms with Crippen LogP contribution < -0.4 is 0 Å². The Bertz CT molecular complexity index is 179. The Morgan fingerprint density at radius 1 is 1.54 bits per heavy atom. The molecule has 0 aliphatic heterocycles. The van der Waals surface area contributed by atoms with Crippen LogP contribution in [0.2, 0.25) is 0 Å². The van der Waals surface area contributed by atoms with Gasteiger partial charge in [0.15, 0.2) is 0 Å². The molecule has 0 unspecified atom stereocenters. The first-order valence-corrected chi connectivity index (χ1v) is 4.53. The number of allylic oxidation sites excluding steroid dienone is 2. The molecule has 0 saturated carbocycles. The van der Waals surface area contributed by atoms with Crippen LogP contribution in [-0.4, -0.2) is 17.7 Å². The molecule has 0 spiro atoms. The van der Waals surface area contributed by atoms with Crippen molar-refractivity contribution in [1.82, 2.24) is 0 Å². The Balaban J connectivity index is 3.47. The van der Waals surface area contributed by atoms with E-state index in [0.717, 1.165) is 0 Å². The number of hydrogen-bond acceptors (Lipinski definition) is 3. The molecule has 0 bridgehead atoms. The summed E-state index contributed by atoms with van der Waals surface area (Å²) in [5, 5.41) is 8.79. The van der Waals surface area contributed by atoms with Crippen molar-refractivity contribution in [2.75, 3.05) is 6.61 Å². The normalized spacial score (nSPS) is 11.8. The zero-order valence-corrected chi connectivity index (χ0v) is 8.54. The zero-order valence-electron chi connectivity index (χ0n) is 8.54. The van der Waals surface area contributed by atoms with E-state index in [0.29, 0.717) is 25.4 Å². The maximum Gasteiger partial charge on any atom is 0.306 e. The molecule has 0 heterocycles. The van der Waals surface area contributed by atoms with Crippen molar-refractivity contribution >= 4 is 5.97 Å². The summed E-state index contributed by atoms with van der Waals surface area (Å²) in [6.07, 6.45) is 2.49. The Kier molecular flexibility index (Phi) is 6.02. The van der Waals surface area contributed by atoms with Gasteiger partial charge in [0.1, 0.15) is 0 Å². The van der Waals surface area contributed by atoms with Gasteiger partial charge in [-0.1, -0.05) is 13.8 Å². The van der Waals surface area contributed by atoms with Crippen molar-refractivity contribution < 1.29 is 14.6 Å². The lowest BCUT2D eigenvalue weighted by atomic mass is 10.2. The molecule has 1 N–H and O–H groups in total. The van der Waals surface area contributed by atoms with E-state index in [9.17, 15) is 4.79 Å². The van der Waals surface area contributed by atoms with Crippen LogP contribution in [0.1, 0.15) is 33.6 Å². The Hall–Kier alpha value is -0.990. The van der Waals surface area contributed by atoms with E-state index >= 15 is 0 Å². The number of carbonyl (C=O) groups excluding carboxylic acids is 1. The van der Waals surface area contributed by atoms with Gasteiger partial charge in [-0.25, -0.2) is 0 Å². The average Bonchev–Trinajstić information content (AvgIpc) is 2.00. The van der Waals surface area contributed by atoms with Crippen LogP contribution >= 0.6 is 0 Å². The van der Waals surface area contributed by atoms with Crippen molar-refractivity contribution in [3.05, 3.63) is 11.8 Å².